The number of ether oxygens (including phenoxy) is 1. The summed E-state index contributed by atoms with van der Waals surface area (Å²) in [4.78, 5) is 29.0. The van der Waals surface area contributed by atoms with Crippen LogP contribution in [0.5, 0.6) is 5.75 Å². The van der Waals surface area contributed by atoms with Gasteiger partial charge < -0.3 is 20.3 Å². The molecule has 6 nitrogen and oxygen atoms in total. The summed E-state index contributed by atoms with van der Waals surface area (Å²) in [5.74, 6) is 0.700. The van der Waals surface area contributed by atoms with Gasteiger partial charge in [0, 0.05) is 23.7 Å². The van der Waals surface area contributed by atoms with Gasteiger partial charge >= 0.3 is 0 Å². The molecule has 168 valence electrons. The third-order valence-electron chi connectivity index (χ3n) is 6.92. The maximum atomic E-state index is 13.9. The largest absolute Gasteiger partial charge is 0.496 e. The molecule has 3 aliphatic rings. The van der Waals surface area contributed by atoms with Crippen molar-refractivity contribution in [3.8, 4) is 5.75 Å². The summed E-state index contributed by atoms with van der Waals surface area (Å²) in [6.07, 6.45) is 5.30. The second-order valence-electron chi connectivity index (χ2n) is 8.75. The summed E-state index contributed by atoms with van der Waals surface area (Å²) in [7, 11) is 1.64. The van der Waals surface area contributed by atoms with Gasteiger partial charge in [-0.15, -0.1) is 0 Å². The Kier molecular flexibility index (Phi) is 5.91. The molecule has 2 N–H and O–H groups in total. The fraction of sp³-hybridized carbons (Fsp3) is 0.440. The summed E-state index contributed by atoms with van der Waals surface area (Å²) in [6, 6.07) is 9.60. The van der Waals surface area contributed by atoms with Crippen molar-refractivity contribution < 1.29 is 14.3 Å². The number of thiophene rings is 1. The molecule has 0 spiro atoms. The molecule has 1 aliphatic carbocycles. The van der Waals surface area contributed by atoms with Crippen LogP contribution in [0.4, 0.5) is 0 Å². The van der Waals surface area contributed by atoms with Gasteiger partial charge in [-0.2, -0.15) is 11.3 Å². The molecule has 5 rings (SSSR count). The van der Waals surface area contributed by atoms with Crippen LogP contribution in [0.3, 0.4) is 0 Å². The van der Waals surface area contributed by atoms with Crippen LogP contribution in [0.25, 0.3) is 0 Å². The van der Waals surface area contributed by atoms with E-state index in [-0.39, 0.29) is 23.9 Å². The Hall–Kier alpha value is -2.80. The van der Waals surface area contributed by atoms with E-state index in [4.69, 9.17) is 4.74 Å². The molecule has 0 unspecified atom stereocenters. The first kappa shape index (κ1) is 21.1. The molecule has 0 radical (unpaired) electrons. The highest BCUT2D eigenvalue weighted by molar-refractivity contribution is 7.07. The van der Waals surface area contributed by atoms with Crippen molar-refractivity contribution in [3.63, 3.8) is 0 Å². The number of rotatable bonds is 5. The lowest BCUT2D eigenvalue weighted by atomic mass is 9.86. The van der Waals surface area contributed by atoms with Crippen molar-refractivity contribution in [3.05, 3.63) is 63.5 Å². The maximum Gasteiger partial charge on any atom is 0.251 e. The number of nitrogens with one attached hydrogen (secondary N) is 2. The molecular weight excluding hydrogens is 422 g/mol. The van der Waals surface area contributed by atoms with E-state index in [2.05, 4.69) is 22.1 Å². The van der Waals surface area contributed by atoms with Gasteiger partial charge in [0.2, 0.25) is 5.91 Å². The van der Waals surface area contributed by atoms with Crippen LogP contribution in [-0.2, 0) is 16.0 Å². The molecule has 1 aromatic heterocycles. The fourth-order valence-corrected chi connectivity index (χ4v) is 6.13. The summed E-state index contributed by atoms with van der Waals surface area (Å²) in [6.45, 7) is 0.486. The van der Waals surface area contributed by atoms with Gasteiger partial charge in [0.25, 0.3) is 5.91 Å². The van der Waals surface area contributed by atoms with E-state index in [0.29, 0.717) is 30.7 Å². The number of methoxy groups -OCH3 is 1. The Labute approximate surface area is 192 Å². The van der Waals surface area contributed by atoms with Crippen LogP contribution in [-0.4, -0.2) is 42.5 Å². The number of carbonyl (C=O) groups excluding carboxylic acids is 2. The number of carbonyl (C=O) groups is 2. The Balaban J connectivity index is 1.60. The lowest BCUT2D eigenvalue weighted by Gasteiger charge is -2.43. The first-order chi connectivity index (χ1) is 15.7. The smallest absolute Gasteiger partial charge is 0.251 e. The van der Waals surface area contributed by atoms with Crippen LogP contribution in [0.1, 0.15) is 49.3 Å². The van der Waals surface area contributed by atoms with Gasteiger partial charge in [0.15, 0.2) is 0 Å². The number of fused-ring (bicyclic) bond motifs is 1. The third-order valence-corrected chi connectivity index (χ3v) is 7.65. The second kappa shape index (κ2) is 8.98. The van der Waals surface area contributed by atoms with Crippen molar-refractivity contribution in [2.45, 2.75) is 56.7 Å². The first-order valence-corrected chi connectivity index (χ1v) is 12.3. The number of benzene rings is 1. The zero-order chi connectivity index (χ0) is 22.1. The van der Waals surface area contributed by atoms with Crippen molar-refractivity contribution in [2.75, 3.05) is 13.7 Å². The molecule has 2 amide bonds. The average molecular weight is 452 g/mol. The lowest BCUT2D eigenvalue weighted by Crippen LogP contribution is -2.53. The zero-order valence-electron chi connectivity index (χ0n) is 18.3. The van der Waals surface area contributed by atoms with E-state index >= 15 is 0 Å². The van der Waals surface area contributed by atoms with Crippen LogP contribution in [0.15, 0.2) is 52.4 Å². The number of hydrogen-bond acceptors (Lipinski definition) is 5. The molecule has 2 aliphatic heterocycles. The summed E-state index contributed by atoms with van der Waals surface area (Å²) in [5, 5.41) is 10.8. The van der Waals surface area contributed by atoms with Gasteiger partial charge in [-0.1, -0.05) is 31.0 Å². The summed E-state index contributed by atoms with van der Waals surface area (Å²) in [5.41, 5.74) is 3.64. The van der Waals surface area contributed by atoms with E-state index < -0.39 is 6.04 Å². The highest BCUT2D eigenvalue weighted by Gasteiger charge is 2.46. The second-order valence-corrected chi connectivity index (χ2v) is 9.53. The minimum Gasteiger partial charge on any atom is -0.496 e. The molecule has 1 saturated carbocycles. The van der Waals surface area contributed by atoms with Gasteiger partial charge in [0.1, 0.15) is 5.75 Å². The predicted octanol–water partition coefficient (Wildman–Crippen LogP) is 3.56. The normalized spacial score (nSPS) is 24.8. The zero-order valence-corrected chi connectivity index (χ0v) is 19.1. The van der Waals surface area contributed by atoms with Gasteiger partial charge in [0.05, 0.1) is 31.3 Å². The van der Waals surface area contributed by atoms with E-state index in [1.165, 1.54) is 5.56 Å². The lowest BCUT2D eigenvalue weighted by molar-refractivity contribution is -0.137. The number of amides is 2. The molecule has 1 aromatic carbocycles. The molecule has 32 heavy (non-hydrogen) atoms. The Morgan fingerprint density at radius 2 is 2.06 bits per heavy atom. The highest BCUT2D eigenvalue weighted by atomic mass is 32.1. The average Bonchev–Trinajstić information content (AvgIpc) is 3.43. The molecule has 2 aromatic rings. The van der Waals surface area contributed by atoms with E-state index in [9.17, 15) is 9.59 Å². The molecule has 0 bridgehead atoms. The molecule has 3 atom stereocenters. The predicted molar refractivity (Wildman–Crippen MR) is 124 cm³/mol. The third kappa shape index (κ3) is 3.79. The SMILES string of the molecule is COc1ccccc1[C@@H]1C2=C(CNC2=O)N[C@@H]2CCCC[C@H]2N1C(=O)CCc1ccsc1. The quantitative estimate of drug-likeness (QED) is 0.729. The maximum absolute atomic E-state index is 13.9. The monoisotopic (exact) mass is 451 g/mol. The van der Waals surface area contributed by atoms with Crippen LogP contribution < -0.4 is 15.4 Å². The minimum atomic E-state index is -0.459. The summed E-state index contributed by atoms with van der Waals surface area (Å²) < 4.78 is 5.69. The topological polar surface area (TPSA) is 70.7 Å². The van der Waals surface area contributed by atoms with Gasteiger partial charge in [-0.25, -0.2) is 0 Å². The Bertz CT molecular complexity index is 1030. The van der Waals surface area contributed by atoms with E-state index in [0.717, 1.165) is 36.9 Å². The van der Waals surface area contributed by atoms with Crippen LogP contribution in [0, 0.1) is 0 Å². The van der Waals surface area contributed by atoms with Crippen LogP contribution >= 0.6 is 11.3 Å². The molecular formula is C25H29N3O3S. The van der Waals surface area contributed by atoms with Crippen molar-refractivity contribution >= 4 is 23.2 Å². The van der Waals surface area contributed by atoms with Gasteiger partial charge in [-0.05, 0) is 47.7 Å². The number of aryl methyl sites for hydroxylation is 1. The molecule has 3 heterocycles. The van der Waals surface area contributed by atoms with E-state index in [1.807, 2.05) is 34.5 Å². The van der Waals surface area contributed by atoms with Gasteiger partial charge in [-0.3, -0.25) is 9.59 Å². The van der Waals surface area contributed by atoms with Crippen molar-refractivity contribution in [2.24, 2.45) is 0 Å². The standard InChI is InChI=1S/C25H29N3O3S/c1-31-21-9-5-2-6-17(21)24-23-19(14-26-25(23)30)27-18-7-3-4-8-20(18)28(24)22(29)11-10-16-12-13-32-15-16/h2,5-6,9,12-13,15,18,20,24,27H,3-4,7-8,10-11,14H2,1H3,(H,26,30)/t18-,20-,24-/m1/s1. The molecule has 0 saturated heterocycles. The highest BCUT2D eigenvalue weighted by Crippen LogP contribution is 2.43. The van der Waals surface area contributed by atoms with E-state index in [1.54, 1.807) is 18.4 Å². The minimum absolute atomic E-state index is 0.0482. The molecule has 7 heteroatoms. The first-order valence-electron chi connectivity index (χ1n) is 11.4. The summed E-state index contributed by atoms with van der Waals surface area (Å²) >= 11 is 1.65. The Morgan fingerprint density at radius 3 is 2.88 bits per heavy atom. The molecule has 1 fully saturated rings. The Morgan fingerprint density at radius 1 is 1.22 bits per heavy atom. The van der Waals surface area contributed by atoms with Crippen molar-refractivity contribution in [1.82, 2.24) is 15.5 Å². The van der Waals surface area contributed by atoms with Crippen molar-refractivity contribution in [1.29, 1.82) is 0 Å². The number of nitrogens with zero attached hydrogens (tertiary/aromatic N) is 1. The number of para-hydroxylation sites is 1. The fourth-order valence-electron chi connectivity index (χ4n) is 5.42. The van der Waals surface area contributed by atoms with Crippen LogP contribution in [0.2, 0.25) is 0 Å². The number of hydrogen-bond donors (Lipinski definition) is 2.